The van der Waals surface area contributed by atoms with Crippen molar-refractivity contribution in [3.8, 4) is 5.75 Å². The summed E-state index contributed by atoms with van der Waals surface area (Å²) in [6.07, 6.45) is 3.48. The van der Waals surface area contributed by atoms with Crippen molar-refractivity contribution in [2.24, 2.45) is 0 Å². The third-order valence-electron chi connectivity index (χ3n) is 4.18. The van der Waals surface area contributed by atoms with Gasteiger partial charge in [0.15, 0.2) is 6.61 Å². The van der Waals surface area contributed by atoms with Crippen LogP contribution in [0.5, 0.6) is 5.75 Å². The van der Waals surface area contributed by atoms with Crippen molar-refractivity contribution in [3.05, 3.63) is 60.4 Å². The van der Waals surface area contributed by atoms with E-state index in [1.54, 1.807) is 29.4 Å². The maximum Gasteiger partial charge on any atom is 0.258 e. The number of rotatable bonds is 6. The smallest absolute Gasteiger partial charge is 0.258 e. The molecule has 0 saturated carbocycles. The van der Waals surface area contributed by atoms with Crippen LogP contribution in [0.25, 0.3) is 0 Å². The maximum absolute atomic E-state index is 12.6. The van der Waals surface area contributed by atoms with Crippen LogP contribution in [0.2, 0.25) is 0 Å². The predicted molar refractivity (Wildman–Crippen MR) is 96.5 cm³/mol. The first-order valence-corrected chi connectivity index (χ1v) is 8.58. The molecule has 1 aromatic carbocycles. The van der Waals surface area contributed by atoms with Crippen molar-refractivity contribution in [2.75, 3.05) is 32.8 Å². The first-order valence-electron chi connectivity index (χ1n) is 8.58. The molecule has 7 nitrogen and oxygen atoms in total. The van der Waals surface area contributed by atoms with Crippen molar-refractivity contribution in [1.29, 1.82) is 0 Å². The highest BCUT2D eigenvalue weighted by atomic mass is 16.5. The standard InChI is InChI=1S/C19H22N4O3/c24-18(14-26-16-6-2-1-3-7-16)22-13-19(25)23-10-9-21-12-17(23)15-5-4-8-20-11-15/h1-8,11,17,21H,9-10,12-14H2,(H,22,24). The Balaban J connectivity index is 1.50. The predicted octanol–water partition coefficient (Wildman–Crippen LogP) is 0.750. The number of nitrogens with zero attached hydrogens (tertiary/aromatic N) is 2. The summed E-state index contributed by atoms with van der Waals surface area (Å²) < 4.78 is 5.38. The van der Waals surface area contributed by atoms with Crippen LogP contribution in [0.4, 0.5) is 0 Å². The highest BCUT2D eigenvalue weighted by Crippen LogP contribution is 2.21. The van der Waals surface area contributed by atoms with Gasteiger partial charge < -0.3 is 20.3 Å². The summed E-state index contributed by atoms with van der Waals surface area (Å²) in [6, 6.07) is 12.8. The largest absolute Gasteiger partial charge is 0.484 e. The second-order valence-corrected chi connectivity index (χ2v) is 5.97. The van der Waals surface area contributed by atoms with E-state index >= 15 is 0 Å². The van der Waals surface area contributed by atoms with Gasteiger partial charge in [-0.1, -0.05) is 24.3 Å². The molecule has 2 aromatic rings. The van der Waals surface area contributed by atoms with Crippen LogP contribution in [0.1, 0.15) is 11.6 Å². The van der Waals surface area contributed by atoms with E-state index in [9.17, 15) is 9.59 Å². The Kier molecular flexibility index (Phi) is 6.16. The fourth-order valence-electron chi connectivity index (χ4n) is 2.87. The number of piperazine rings is 1. The molecule has 0 bridgehead atoms. The number of para-hydroxylation sites is 1. The second-order valence-electron chi connectivity index (χ2n) is 5.97. The quantitative estimate of drug-likeness (QED) is 0.800. The Bertz CT molecular complexity index is 724. The van der Waals surface area contributed by atoms with Gasteiger partial charge in [0.05, 0.1) is 12.6 Å². The SMILES string of the molecule is O=C(COc1ccccc1)NCC(=O)N1CCNCC1c1cccnc1. The number of hydrogen-bond donors (Lipinski definition) is 2. The Morgan fingerprint density at radius 2 is 2.08 bits per heavy atom. The monoisotopic (exact) mass is 354 g/mol. The number of carbonyl (C=O) groups is 2. The summed E-state index contributed by atoms with van der Waals surface area (Å²) in [5, 5.41) is 5.92. The zero-order valence-corrected chi connectivity index (χ0v) is 14.4. The van der Waals surface area contributed by atoms with E-state index in [-0.39, 0.29) is 31.0 Å². The molecule has 2 heterocycles. The van der Waals surface area contributed by atoms with Gasteiger partial charge in [0.1, 0.15) is 5.75 Å². The molecule has 0 spiro atoms. The molecule has 1 aliphatic heterocycles. The molecule has 1 aromatic heterocycles. The van der Waals surface area contributed by atoms with Gasteiger partial charge in [-0.3, -0.25) is 14.6 Å². The number of nitrogens with one attached hydrogen (secondary N) is 2. The summed E-state index contributed by atoms with van der Waals surface area (Å²) in [7, 11) is 0. The minimum atomic E-state index is -0.324. The summed E-state index contributed by atoms with van der Waals surface area (Å²) in [5.41, 5.74) is 0.979. The minimum Gasteiger partial charge on any atom is -0.484 e. The molecule has 1 saturated heterocycles. The summed E-state index contributed by atoms with van der Waals surface area (Å²) in [5.74, 6) is 0.177. The van der Waals surface area contributed by atoms with Gasteiger partial charge in [-0.05, 0) is 23.8 Å². The number of hydrogen-bond acceptors (Lipinski definition) is 5. The second kappa shape index (κ2) is 8.96. The van der Waals surface area contributed by atoms with Crippen LogP contribution < -0.4 is 15.4 Å². The zero-order valence-electron chi connectivity index (χ0n) is 14.4. The van der Waals surface area contributed by atoms with E-state index in [0.717, 1.165) is 12.1 Å². The van der Waals surface area contributed by atoms with Crippen molar-refractivity contribution in [3.63, 3.8) is 0 Å². The minimum absolute atomic E-state index is 0.0479. The molecule has 3 rings (SSSR count). The molecule has 1 atom stereocenters. The number of amides is 2. The van der Waals surface area contributed by atoms with Crippen LogP contribution in [-0.4, -0.2) is 54.5 Å². The fourth-order valence-corrected chi connectivity index (χ4v) is 2.87. The van der Waals surface area contributed by atoms with Crippen LogP contribution in [0.3, 0.4) is 0 Å². The Labute approximate surface area is 152 Å². The average Bonchev–Trinajstić information content (AvgIpc) is 2.72. The summed E-state index contributed by atoms with van der Waals surface area (Å²) in [6.45, 7) is 1.82. The average molecular weight is 354 g/mol. The molecule has 0 aliphatic carbocycles. The first kappa shape index (κ1) is 17.9. The van der Waals surface area contributed by atoms with Crippen LogP contribution in [-0.2, 0) is 9.59 Å². The Hall–Kier alpha value is -2.93. The number of pyridine rings is 1. The third kappa shape index (κ3) is 4.80. The molecule has 2 amide bonds. The molecule has 7 heteroatoms. The Morgan fingerprint density at radius 3 is 2.85 bits per heavy atom. The van der Waals surface area contributed by atoms with E-state index < -0.39 is 0 Å². The molecule has 1 aliphatic rings. The molecule has 26 heavy (non-hydrogen) atoms. The Morgan fingerprint density at radius 1 is 1.23 bits per heavy atom. The summed E-state index contributed by atoms with van der Waals surface area (Å²) in [4.78, 5) is 30.4. The van der Waals surface area contributed by atoms with E-state index in [4.69, 9.17) is 4.74 Å². The van der Waals surface area contributed by atoms with E-state index in [2.05, 4.69) is 15.6 Å². The van der Waals surface area contributed by atoms with Gasteiger partial charge in [-0.25, -0.2) is 0 Å². The van der Waals surface area contributed by atoms with Gasteiger partial charge in [-0.15, -0.1) is 0 Å². The van der Waals surface area contributed by atoms with E-state index in [1.807, 2.05) is 30.3 Å². The summed E-state index contributed by atoms with van der Waals surface area (Å²) >= 11 is 0. The highest BCUT2D eigenvalue weighted by molar-refractivity contribution is 5.85. The topological polar surface area (TPSA) is 83.6 Å². The molecule has 1 fully saturated rings. The number of ether oxygens (including phenoxy) is 1. The van der Waals surface area contributed by atoms with Gasteiger partial charge in [-0.2, -0.15) is 0 Å². The molecular weight excluding hydrogens is 332 g/mol. The first-order chi connectivity index (χ1) is 12.7. The third-order valence-corrected chi connectivity index (χ3v) is 4.18. The lowest BCUT2D eigenvalue weighted by Gasteiger charge is -2.36. The van der Waals surface area contributed by atoms with Crippen LogP contribution in [0.15, 0.2) is 54.9 Å². The molecular formula is C19H22N4O3. The molecule has 0 radical (unpaired) electrons. The molecule has 2 N–H and O–H groups in total. The van der Waals surface area contributed by atoms with Gasteiger partial charge >= 0.3 is 0 Å². The van der Waals surface area contributed by atoms with Crippen molar-refractivity contribution >= 4 is 11.8 Å². The van der Waals surface area contributed by atoms with Crippen LogP contribution in [0, 0.1) is 0 Å². The van der Waals surface area contributed by atoms with Gasteiger partial charge in [0.2, 0.25) is 5.91 Å². The number of aromatic nitrogens is 1. The van der Waals surface area contributed by atoms with E-state index in [1.165, 1.54) is 0 Å². The number of carbonyl (C=O) groups excluding carboxylic acids is 2. The molecule has 136 valence electrons. The maximum atomic E-state index is 12.6. The lowest BCUT2D eigenvalue weighted by Crippen LogP contribution is -2.51. The van der Waals surface area contributed by atoms with E-state index in [0.29, 0.717) is 18.8 Å². The van der Waals surface area contributed by atoms with Gasteiger partial charge in [0, 0.05) is 32.0 Å². The van der Waals surface area contributed by atoms with Crippen molar-refractivity contribution in [2.45, 2.75) is 6.04 Å². The molecule has 1 unspecified atom stereocenters. The lowest BCUT2D eigenvalue weighted by molar-refractivity contribution is -0.136. The number of benzene rings is 1. The normalized spacial score (nSPS) is 16.8. The van der Waals surface area contributed by atoms with Crippen LogP contribution >= 0.6 is 0 Å². The zero-order chi connectivity index (χ0) is 18.2. The van der Waals surface area contributed by atoms with Crippen molar-refractivity contribution < 1.29 is 14.3 Å². The van der Waals surface area contributed by atoms with Crippen molar-refractivity contribution in [1.82, 2.24) is 20.5 Å². The van der Waals surface area contributed by atoms with Gasteiger partial charge in [0.25, 0.3) is 5.91 Å². The fraction of sp³-hybridized carbons (Fsp3) is 0.316. The highest BCUT2D eigenvalue weighted by Gasteiger charge is 2.27. The lowest BCUT2D eigenvalue weighted by atomic mass is 10.1.